The lowest BCUT2D eigenvalue weighted by Gasteiger charge is -2.43. The molecule has 0 heterocycles. The number of benzene rings is 3. The molecule has 1 fully saturated rings. The first-order valence-corrected chi connectivity index (χ1v) is 15.6. The highest BCUT2D eigenvalue weighted by atomic mass is 35.5. The SMILES string of the molecule is COC(COC(N)=O)(c1ccc(NC(=O)c2cc(NC(=O)[C@H]3[C@H](c4cc(Cl)cc(Cl)c4)C3(Cl)Cl)ccc2Cl)c(C)c1)C(C)(C)C. The van der Waals surface area contributed by atoms with Crippen molar-refractivity contribution >= 4 is 87.3 Å². The summed E-state index contributed by atoms with van der Waals surface area (Å²) in [4.78, 5) is 38.0. The van der Waals surface area contributed by atoms with E-state index in [4.69, 9.17) is 73.2 Å². The number of hydrogen-bond donors (Lipinski definition) is 3. The number of rotatable bonds is 9. The Labute approximate surface area is 286 Å². The second kappa shape index (κ2) is 13.2. The summed E-state index contributed by atoms with van der Waals surface area (Å²) in [7, 11) is 1.53. The van der Waals surface area contributed by atoms with Crippen LogP contribution in [0.2, 0.25) is 15.1 Å². The van der Waals surface area contributed by atoms with Gasteiger partial charge in [-0.1, -0.05) is 67.7 Å². The molecule has 0 bridgehead atoms. The highest BCUT2D eigenvalue weighted by Gasteiger charge is 2.67. The average molecular weight is 716 g/mol. The van der Waals surface area contributed by atoms with E-state index in [1.54, 1.807) is 36.4 Å². The van der Waals surface area contributed by atoms with E-state index in [0.717, 1.165) is 5.56 Å². The number of amides is 3. The van der Waals surface area contributed by atoms with E-state index in [2.05, 4.69) is 10.6 Å². The van der Waals surface area contributed by atoms with Crippen LogP contribution in [0.25, 0.3) is 0 Å². The molecule has 8 nitrogen and oxygen atoms in total. The predicted molar refractivity (Wildman–Crippen MR) is 180 cm³/mol. The van der Waals surface area contributed by atoms with Gasteiger partial charge in [-0.15, -0.1) is 23.2 Å². The number of primary amides is 1. The van der Waals surface area contributed by atoms with Crippen LogP contribution in [0.5, 0.6) is 0 Å². The van der Waals surface area contributed by atoms with Crippen LogP contribution in [0.15, 0.2) is 54.6 Å². The van der Waals surface area contributed by atoms with Crippen LogP contribution in [-0.2, 0) is 19.9 Å². The zero-order chi connectivity index (χ0) is 33.5. The van der Waals surface area contributed by atoms with Gasteiger partial charge in [0.05, 0.1) is 16.5 Å². The van der Waals surface area contributed by atoms with Crippen molar-refractivity contribution in [3.63, 3.8) is 0 Å². The zero-order valence-corrected chi connectivity index (χ0v) is 28.8. The monoisotopic (exact) mass is 713 g/mol. The number of carbonyl (C=O) groups excluding carboxylic acids is 3. The Bertz CT molecular complexity index is 1640. The van der Waals surface area contributed by atoms with Gasteiger partial charge in [0, 0.05) is 34.4 Å². The fourth-order valence-electron chi connectivity index (χ4n) is 5.45. The number of hydrogen-bond acceptors (Lipinski definition) is 5. The number of methoxy groups -OCH3 is 1. The second-order valence-electron chi connectivity index (χ2n) is 11.9. The third-order valence-corrected chi connectivity index (χ3v) is 9.68. The molecule has 1 saturated carbocycles. The normalized spacial score (nSPS) is 18.4. The van der Waals surface area contributed by atoms with Crippen molar-refractivity contribution in [2.45, 2.75) is 43.5 Å². The molecule has 240 valence electrons. The molecule has 13 heteroatoms. The van der Waals surface area contributed by atoms with Crippen molar-refractivity contribution in [2.75, 3.05) is 24.4 Å². The first-order chi connectivity index (χ1) is 20.9. The number of halogens is 5. The Morgan fingerprint density at radius 1 is 0.933 bits per heavy atom. The maximum Gasteiger partial charge on any atom is 0.404 e. The van der Waals surface area contributed by atoms with Gasteiger partial charge in [0.25, 0.3) is 5.91 Å². The number of alkyl halides is 2. The Morgan fingerprint density at radius 2 is 1.58 bits per heavy atom. The number of aryl methyl sites for hydroxylation is 1. The Balaban J connectivity index is 1.53. The summed E-state index contributed by atoms with van der Waals surface area (Å²) in [6, 6.07) is 14.8. The molecule has 1 aliphatic rings. The van der Waals surface area contributed by atoms with E-state index in [0.29, 0.717) is 32.5 Å². The summed E-state index contributed by atoms with van der Waals surface area (Å²) >= 11 is 31.6. The van der Waals surface area contributed by atoms with Crippen LogP contribution in [0.4, 0.5) is 16.2 Å². The third-order valence-electron chi connectivity index (χ3n) is 7.98. The summed E-state index contributed by atoms with van der Waals surface area (Å²) in [5, 5.41) is 6.62. The smallest absolute Gasteiger partial charge is 0.404 e. The van der Waals surface area contributed by atoms with Crippen molar-refractivity contribution in [2.24, 2.45) is 17.1 Å². The predicted octanol–water partition coefficient (Wildman–Crippen LogP) is 8.72. The summed E-state index contributed by atoms with van der Waals surface area (Å²) in [6.07, 6.45) is -0.913. The summed E-state index contributed by atoms with van der Waals surface area (Å²) < 4.78 is 9.72. The van der Waals surface area contributed by atoms with Gasteiger partial charge in [0.15, 0.2) is 0 Å². The molecule has 3 atom stereocenters. The van der Waals surface area contributed by atoms with E-state index in [1.807, 2.05) is 33.8 Å². The number of nitrogens with one attached hydrogen (secondary N) is 2. The fraction of sp³-hybridized carbons (Fsp3) is 0.344. The maximum atomic E-state index is 13.4. The van der Waals surface area contributed by atoms with Crippen molar-refractivity contribution in [3.8, 4) is 0 Å². The molecule has 0 radical (unpaired) electrons. The molecule has 45 heavy (non-hydrogen) atoms. The maximum absolute atomic E-state index is 13.4. The zero-order valence-electron chi connectivity index (χ0n) is 25.1. The molecular formula is C32H32Cl5N3O5. The number of carbonyl (C=O) groups is 3. The van der Waals surface area contributed by atoms with Gasteiger partial charge in [-0.2, -0.15) is 0 Å². The molecule has 0 spiro atoms. The lowest BCUT2D eigenvalue weighted by molar-refractivity contribution is -0.130. The van der Waals surface area contributed by atoms with Crippen LogP contribution < -0.4 is 16.4 Å². The molecule has 3 aromatic carbocycles. The van der Waals surface area contributed by atoms with Crippen molar-refractivity contribution in [1.82, 2.24) is 0 Å². The third kappa shape index (κ3) is 7.32. The van der Waals surface area contributed by atoms with Gasteiger partial charge in [-0.25, -0.2) is 4.79 Å². The minimum atomic E-state index is -1.37. The Hall–Kier alpha value is -2.72. The van der Waals surface area contributed by atoms with E-state index in [9.17, 15) is 14.4 Å². The van der Waals surface area contributed by atoms with E-state index in [-0.39, 0.29) is 17.2 Å². The molecule has 0 aromatic heterocycles. The highest BCUT2D eigenvalue weighted by molar-refractivity contribution is 6.53. The van der Waals surface area contributed by atoms with Crippen molar-refractivity contribution in [1.29, 1.82) is 0 Å². The minimum absolute atomic E-state index is 0.107. The first-order valence-electron chi connectivity index (χ1n) is 13.8. The Kier molecular flexibility index (Phi) is 10.3. The fourth-order valence-corrected chi connectivity index (χ4v) is 7.03. The quantitative estimate of drug-likeness (QED) is 0.192. The van der Waals surface area contributed by atoms with E-state index in [1.165, 1.54) is 19.2 Å². The van der Waals surface area contributed by atoms with Gasteiger partial charge in [-0.05, 0) is 71.5 Å². The summed E-state index contributed by atoms with van der Waals surface area (Å²) in [6.45, 7) is 7.58. The van der Waals surface area contributed by atoms with E-state index < -0.39 is 45.1 Å². The van der Waals surface area contributed by atoms with Crippen molar-refractivity contribution in [3.05, 3.63) is 91.9 Å². The molecule has 4 rings (SSSR count). The molecule has 1 aliphatic carbocycles. The standard InChI is InChI=1S/C32H32Cl5N3O5/c1-16-10-18(31(44-5,30(2,3)4)15-45-29(38)43)6-9-24(16)40-27(41)22-14-21(7-8-23(22)35)39-28(42)26-25(32(26,36)37)17-11-19(33)13-20(34)12-17/h6-14,25-26H,15H2,1-5H3,(H2,38,43)(H,39,42)(H,40,41)/t25-,26+,31?/m0/s1. The van der Waals surface area contributed by atoms with Crippen LogP contribution in [-0.4, -0.2) is 36.0 Å². The van der Waals surface area contributed by atoms with Gasteiger partial charge >= 0.3 is 6.09 Å². The van der Waals surface area contributed by atoms with Crippen LogP contribution >= 0.6 is 58.0 Å². The molecule has 0 saturated heterocycles. The minimum Gasteiger partial charge on any atom is -0.446 e. The van der Waals surface area contributed by atoms with Crippen LogP contribution in [0.3, 0.4) is 0 Å². The van der Waals surface area contributed by atoms with Crippen LogP contribution in [0.1, 0.15) is 53.7 Å². The molecule has 4 N–H and O–H groups in total. The lowest BCUT2D eigenvalue weighted by Crippen LogP contribution is -2.47. The lowest BCUT2D eigenvalue weighted by atomic mass is 9.72. The second-order valence-corrected chi connectivity index (χ2v) is 14.6. The molecule has 1 unspecified atom stereocenters. The average Bonchev–Trinajstić information content (AvgIpc) is 3.52. The topological polar surface area (TPSA) is 120 Å². The van der Waals surface area contributed by atoms with Crippen LogP contribution in [0, 0.1) is 18.3 Å². The molecule has 3 aromatic rings. The number of anilines is 2. The summed E-state index contributed by atoms with van der Waals surface area (Å²) in [5.41, 5.74) is 6.77. The van der Waals surface area contributed by atoms with E-state index >= 15 is 0 Å². The summed E-state index contributed by atoms with van der Waals surface area (Å²) in [5.74, 6) is -2.26. The largest absolute Gasteiger partial charge is 0.446 e. The molecular weight excluding hydrogens is 684 g/mol. The van der Waals surface area contributed by atoms with Gasteiger partial charge in [0.1, 0.15) is 16.5 Å². The first kappa shape index (κ1) is 35.1. The van der Waals surface area contributed by atoms with Gasteiger partial charge < -0.3 is 25.8 Å². The number of ether oxygens (including phenoxy) is 2. The van der Waals surface area contributed by atoms with Gasteiger partial charge in [0.2, 0.25) is 5.91 Å². The highest BCUT2D eigenvalue weighted by Crippen LogP contribution is 2.65. The van der Waals surface area contributed by atoms with Crippen molar-refractivity contribution < 1.29 is 23.9 Å². The molecule has 0 aliphatic heterocycles. The van der Waals surface area contributed by atoms with Gasteiger partial charge in [-0.3, -0.25) is 9.59 Å². The number of nitrogens with two attached hydrogens (primary N) is 1. The Morgan fingerprint density at radius 3 is 2.13 bits per heavy atom. The molecule has 3 amide bonds.